The summed E-state index contributed by atoms with van der Waals surface area (Å²) in [5.41, 5.74) is 1.43. The van der Waals surface area contributed by atoms with Crippen LogP contribution in [0, 0.1) is 5.92 Å². The van der Waals surface area contributed by atoms with Gasteiger partial charge in [0.1, 0.15) is 0 Å². The molecular formula is C13H11BrS. The van der Waals surface area contributed by atoms with Gasteiger partial charge in [0.15, 0.2) is 0 Å². The van der Waals surface area contributed by atoms with Crippen molar-refractivity contribution in [3.63, 3.8) is 0 Å². The van der Waals surface area contributed by atoms with Gasteiger partial charge in [-0.05, 0) is 39.9 Å². The van der Waals surface area contributed by atoms with Crippen LogP contribution in [0.4, 0.5) is 0 Å². The van der Waals surface area contributed by atoms with E-state index in [1.54, 1.807) is 0 Å². The highest BCUT2D eigenvalue weighted by molar-refractivity contribution is 9.11. The van der Waals surface area contributed by atoms with Gasteiger partial charge < -0.3 is 0 Å². The van der Waals surface area contributed by atoms with E-state index >= 15 is 0 Å². The zero-order valence-corrected chi connectivity index (χ0v) is 10.9. The first-order chi connectivity index (χ1) is 7.25. The SMILES string of the molecule is CC1Cc2sc3ccccc3c2C=C1Br. The molecule has 0 bridgehead atoms. The van der Waals surface area contributed by atoms with Crippen LogP contribution in [0.2, 0.25) is 0 Å². The van der Waals surface area contributed by atoms with Crippen molar-refractivity contribution in [3.8, 4) is 0 Å². The Morgan fingerprint density at radius 3 is 3.00 bits per heavy atom. The van der Waals surface area contributed by atoms with Crippen molar-refractivity contribution in [1.82, 2.24) is 0 Å². The topological polar surface area (TPSA) is 0 Å². The molecule has 1 heterocycles. The number of hydrogen-bond donors (Lipinski definition) is 0. The number of halogens is 1. The van der Waals surface area contributed by atoms with Gasteiger partial charge in [-0.1, -0.05) is 41.1 Å². The van der Waals surface area contributed by atoms with Gasteiger partial charge in [-0.25, -0.2) is 0 Å². The van der Waals surface area contributed by atoms with Crippen molar-refractivity contribution < 1.29 is 0 Å². The maximum absolute atomic E-state index is 3.66. The molecule has 76 valence electrons. The summed E-state index contributed by atoms with van der Waals surface area (Å²) < 4.78 is 2.74. The number of fused-ring (bicyclic) bond motifs is 3. The van der Waals surface area contributed by atoms with Gasteiger partial charge in [0, 0.05) is 9.58 Å². The molecule has 3 rings (SSSR count). The molecule has 1 aromatic heterocycles. The summed E-state index contributed by atoms with van der Waals surface area (Å²) >= 11 is 5.60. The Hall–Kier alpha value is -0.600. The zero-order chi connectivity index (χ0) is 10.4. The highest BCUT2D eigenvalue weighted by Gasteiger charge is 2.19. The molecule has 0 aliphatic heterocycles. The van der Waals surface area contributed by atoms with E-state index in [0.717, 1.165) is 0 Å². The van der Waals surface area contributed by atoms with Crippen molar-refractivity contribution >= 4 is 43.4 Å². The fraction of sp³-hybridized carbons (Fsp3) is 0.231. The second kappa shape index (κ2) is 3.46. The van der Waals surface area contributed by atoms with Gasteiger partial charge in [-0.2, -0.15) is 0 Å². The van der Waals surface area contributed by atoms with Crippen molar-refractivity contribution in [1.29, 1.82) is 0 Å². The number of hydrogen-bond acceptors (Lipinski definition) is 1. The maximum Gasteiger partial charge on any atom is 0.0351 e. The lowest BCUT2D eigenvalue weighted by Crippen LogP contribution is -2.03. The summed E-state index contributed by atoms with van der Waals surface area (Å²) in [4.78, 5) is 1.53. The minimum atomic E-state index is 0.630. The van der Waals surface area contributed by atoms with Gasteiger partial charge in [0.05, 0.1) is 0 Å². The number of benzene rings is 1. The summed E-state index contributed by atoms with van der Waals surface area (Å²) in [6.45, 7) is 2.27. The standard InChI is InChI=1S/C13H11BrS/c1-8-6-13-10(7-11(8)14)9-4-2-3-5-12(9)15-13/h2-5,7-8H,6H2,1H3. The summed E-state index contributed by atoms with van der Waals surface area (Å²) in [7, 11) is 0. The highest BCUT2D eigenvalue weighted by atomic mass is 79.9. The Morgan fingerprint density at radius 1 is 1.33 bits per heavy atom. The fourth-order valence-corrected chi connectivity index (χ4v) is 3.78. The highest BCUT2D eigenvalue weighted by Crippen LogP contribution is 2.40. The number of rotatable bonds is 0. The monoisotopic (exact) mass is 278 g/mol. The van der Waals surface area contributed by atoms with Gasteiger partial charge in [-0.15, -0.1) is 11.3 Å². The Morgan fingerprint density at radius 2 is 2.13 bits per heavy atom. The van der Waals surface area contributed by atoms with E-state index in [1.165, 1.54) is 31.4 Å². The van der Waals surface area contributed by atoms with Crippen molar-refractivity contribution in [2.75, 3.05) is 0 Å². The van der Waals surface area contributed by atoms with E-state index < -0.39 is 0 Å². The van der Waals surface area contributed by atoms with Crippen LogP contribution in [0.5, 0.6) is 0 Å². The molecule has 0 saturated heterocycles. The van der Waals surface area contributed by atoms with Crippen LogP contribution in [0.3, 0.4) is 0 Å². The van der Waals surface area contributed by atoms with E-state index in [-0.39, 0.29) is 0 Å². The first kappa shape index (κ1) is 9.61. The third kappa shape index (κ3) is 1.47. The molecule has 1 aliphatic rings. The minimum absolute atomic E-state index is 0.630. The number of allylic oxidation sites excluding steroid dienone is 1. The molecule has 2 heteroatoms. The van der Waals surface area contributed by atoms with E-state index in [0.29, 0.717) is 5.92 Å². The predicted octanol–water partition coefficient (Wildman–Crippen LogP) is 4.83. The van der Waals surface area contributed by atoms with Gasteiger partial charge in [0.2, 0.25) is 0 Å². The second-order valence-corrected chi connectivity index (χ2v) is 6.12. The molecule has 0 radical (unpaired) electrons. The van der Waals surface area contributed by atoms with E-state index in [2.05, 4.69) is 53.2 Å². The van der Waals surface area contributed by atoms with Crippen molar-refractivity contribution in [2.24, 2.45) is 5.92 Å². The molecule has 0 N–H and O–H groups in total. The molecule has 0 fully saturated rings. The van der Waals surface area contributed by atoms with Crippen molar-refractivity contribution in [3.05, 3.63) is 39.2 Å². The Balaban J connectivity index is 2.32. The predicted molar refractivity (Wildman–Crippen MR) is 71.6 cm³/mol. The molecule has 0 nitrogen and oxygen atoms in total. The zero-order valence-electron chi connectivity index (χ0n) is 8.46. The lowest BCUT2D eigenvalue weighted by Gasteiger charge is -2.15. The molecule has 1 atom stereocenters. The molecule has 1 aliphatic carbocycles. The van der Waals surface area contributed by atoms with Crippen LogP contribution in [0.1, 0.15) is 17.4 Å². The van der Waals surface area contributed by atoms with Gasteiger partial charge >= 0.3 is 0 Å². The quantitative estimate of drug-likeness (QED) is 0.648. The molecule has 15 heavy (non-hydrogen) atoms. The lowest BCUT2D eigenvalue weighted by molar-refractivity contribution is 0.719. The largest absolute Gasteiger partial charge is 0.140 e. The summed E-state index contributed by atoms with van der Waals surface area (Å²) in [6.07, 6.45) is 3.47. The van der Waals surface area contributed by atoms with E-state index in [9.17, 15) is 0 Å². The van der Waals surface area contributed by atoms with Crippen LogP contribution >= 0.6 is 27.3 Å². The molecule has 0 amide bonds. The normalized spacial score (nSPS) is 20.1. The maximum atomic E-state index is 3.66. The molecule has 0 spiro atoms. The Labute approximate surface area is 102 Å². The molecule has 1 unspecified atom stereocenters. The third-order valence-electron chi connectivity index (χ3n) is 2.96. The first-order valence-electron chi connectivity index (χ1n) is 5.13. The summed E-state index contributed by atoms with van der Waals surface area (Å²) in [5, 5.41) is 1.40. The Kier molecular flexibility index (Phi) is 2.22. The minimum Gasteiger partial charge on any atom is -0.140 e. The van der Waals surface area contributed by atoms with Crippen LogP contribution in [-0.4, -0.2) is 0 Å². The smallest absolute Gasteiger partial charge is 0.0351 e. The molecular weight excluding hydrogens is 268 g/mol. The van der Waals surface area contributed by atoms with Crippen molar-refractivity contribution in [2.45, 2.75) is 13.3 Å². The fourth-order valence-electron chi connectivity index (χ4n) is 2.08. The van der Waals surface area contributed by atoms with Crippen LogP contribution in [-0.2, 0) is 6.42 Å². The summed E-state index contributed by atoms with van der Waals surface area (Å²) in [6, 6.07) is 8.67. The van der Waals surface area contributed by atoms with Crippen LogP contribution in [0.15, 0.2) is 28.7 Å². The third-order valence-corrected chi connectivity index (χ3v) is 5.17. The average Bonchev–Trinajstić information content (AvgIpc) is 2.57. The first-order valence-corrected chi connectivity index (χ1v) is 6.74. The second-order valence-electron chi connectivity index (χ2n) is 4.07. The summed E-state index contributed by atoms with van der Waals surface area (Å²) in [5.74, 6) is 0.630. The molecule has 2 aromatic rings. The lowest BCUT2D eigenvalue weighted by atomic mass is 9.96. The average molecular weight is 279 g/mol. The van der Waals surface area contributed by atoms with Crippen LogP contribution < -0.4 is 0 Å². The van der Waals surface area contributed by atoms with Gasteiger partial charge in [0.25, 0.3) is 0 Å². The van der Waals surface area contributed by atoms with E-state index in [1.807, 2.05) is 11.3 Å². The molecule has 0 saturated carbocycles. The molecule has 1 aromatic carbocycles. The van der Waals surface area contributed by atoms with Crippen LogP contribution in [0.25, 0.3) is 16.2 Å². The van der Waals surface area contributed by atoms with Gasteiger partial charge in [-0.3, -0.25) is 0 Å². The Bertz CT molecular complexity index is 551. The van der Waals surface area contributed by atoms with E-state index in [4.69, 9.17) is 0 Å². The number of thiophene rings is 1.